The van der Waals surface area contributed by atoms with Gasteiger partial charge >= 0.3 is 0 Å². The summed E-state index contributed by atoms with van der Waals surface area (Å²) in [6, 6.07) is 2.18. The summed E-state index contributed by atoms with van der Waals surface area (Å²) in [7, 11) is 4.07. The first kappa shape index (κ1) is 16.5. The van der Waals surface area contributed by atoms with E-state index in [1.54, 1.807) is 0 Å². The van der Waals surface area contributed by atoms with E-state index < -0.39 is 0 Å². The Morgan fingerprint density at radius 3 is 3.17 bits per heavy atom. The van der Waals surface area contributed by atoms with E-state index in [0.29, 0.717) is 12.5 Å². The minimum atomic E-state index is -0.0675. The van der Waals surface area contributed by atoms with Crippen LogP contribution in [0.15, 0.2) is 6.33 Å². The number of nitrogens with one attached hydrogen (secondary N) is 1. The molecule has 2 atom stereocenters. The quantitative estimate of drug-likeness (QED) is 0.816. The van der Waals surface area contributed by atoms with E-state index >= 15 is 0 Å². The van der Waals surface area contributed by atoms with Gasteiger partial charge in [-0.25, -0.2) is 4.57 Å². The summed E-state index contributed by atoms with van der Waals surface area (Å²) in [5.41, 5.74) is 1.25. The summed E-state index contributed by atoms with van der Waals surface area (Å²) < 4.78 is 2.02. The molecule has 1 amide bonds. The number of hydrogen-bond donors (Lipinski definition) is 1. The van der Waals surface area contributed by atoms with Gasteiger partial charge in [-0.3, -0.25) is 4.79 Å². The maximum atomic E-state index is 12.1. The molecule has 2 aliphatic rings. The fraction of sp³-hybridized carbons (Fsp3) is 0.647. The summed E-state index contributed by atoms with van der Waals surface area (Å²) in [6.07, 6.45) is 3.72. The van der Waals surface area contributed by atoms with Gasteiger partial charge in [-0.1, -0.05) is 11.9 Å². The highest BCUT2D eigenvalue weighted by molar-refractivity contribution is 5.78. The molecule has 3 heterocycles. The number of fused-ring (bicyclic) bond motifs is 1. The number of rotatable bonds is 3. The smallest absolute Gasteiger partial charge is 0.236 e. The molecular weight excluding hydrogens is 304 g/mol. The second-order valence-electron chi connectivity index (χ2n) is 6.80. The van der Waals surface area contributed by atoms with Crippen molar-refractivity contribution in [3.63, 3.8) is 0 Å². The Hall–Kier alpha value is -2.36. The lowest BCUT2D eigenvalue weighted by Gasteiger charge is -2.41. The number of likely N-dealkylation sites (N-methyl/N-ethyl adjacent to an activating group) is 1. The molecule has 7 nitrogen and oxygen atoms in total. The zero-order valence-corrected chi connectivity index (χ0v) is 14.6. The van der Waals surface area contributed by atoms with Crippen LogP contribution in [0, 0.1) is 17.2 Å². The molecule has 1 saturated heterocycles. The van der Waals surface area contributed by atoms with Crippen molar-refractivity contribution < 1.29 is 9.36 Å². The summed E-state index contributed by atoms with van der Waals surface area (Å²) >= 11 is 0. The van der Waals surface area contributed by atoms with Crippen molar-refractivity contribution in [2.75, 3.05) is 36.9 Å². The van der Waals surface area contributed by atoms with Gasteiger partial charge in [0.15, 0.2) is 0 Å². The Labute approximate surface area is 142 Å². The second-order valence-corrected chi connectivity index (χ2v) is 6.80. The molecule has 0 aliphatic carbocycles. The summed E-state index contributed by atoms with van der Waals surface area (Å²) in [6.45, 7) is 4.56. The van der Waals surface area contributed by atoms with Gasteiger partial charge in [-0.2, -0.15) is 5.26 Å². The number of carbonyl (C=O) groups excluding carboxylic acids is 1. The van der Waals surface area contributed by atoms with Crippen LogP contribution in [-0.2, 0) is 18.3 Å². The minimum Gasteiger partial charge on any atom is -0.341 e. The predicted molar refractivity (Wildman–Crippen MR) is 90.4 cm³/mol. The molecular formula is C17H25N6O+. The van der Waals surface area contributed by atoms with Crippen molar-refractivity contribution in [2.24, 2.45) is 13.0 Å². The van der Waals surface area contributed by atoms with E-state index in [-0.39, 0.29) is 18.4 Å². The number of hydrogen-bond acceptors (Lipinski definition) is 5. The number of aromatic nitrogens is 2. The lowest BCUT2D eigenvalue weighted by Crippen LogP contribution is -2.53. The van der Waals surface area contributed by atoms with Crippen LogP contribution < -0.4 is 14.8 Å². The van der Waals surface area contributed by atoms with Crippen molar-refractivity contribution in [2.45, 2.75) is 32.2 Å². The first-order valence-corrected chi connectivity index (χ1v) is 8.52. The van der Waals surface area contributed by atoms with Crippen LogP contribution in [0.3, 0.4) is 0 Å². The highest BCUT2D eigenvalue weighted by Gasteiger charge is 2.35. The largest absolute Gasteiger partial charge is 0.341 e. The second kappa shape index (κ2) is 6.63. The van der Waals surface area contributed by atoms with Crippen LogP contribution in [0.5, 0.6) is 0 Å². The number of carbonyl (C=O) groups is 1. The zero-order valence-electron chi connectivity index (χ0n) is 14.6. The van der Waals surface area contributed by atoms with E-state index in [1.165, 1.54) is 5.56 Å². The highest BCUT2D eigenvalue weighted by atomic mass is 16.2. The van der Waals surface area contributed by atoms with Crippen LogP contribution in [0.4, 0.5) is 11.6 Å². The van der Waals surface area contributed by atoms with Crippen molar-refractivity contribution >= 4 is 17.5 Å². The van der Waals surface area contributed by atoms with Gasteiger partial charge in [0.2, 0.25) is 23.9 Å². The van der Waals surface area contributed by atoms with Crippen molar-refractivity contribution in [1.29, 1.82) is 5.26 Å². The Morgan fingerprint density at radius 2 is 2.42 bits per heavy atom. The van der Waals surface area contributed by atoms with Gasteiger partial charge in [0.05, 0.1) is 31.3 Å². The van der Waals surface area contributed by atoms with Gasteiger partial charge in [0, 0.05) is 26.6 Å². The number of nitrogens with zero attached hydrogens (tertiary/aromatic N) is 5. The SMILES string of the molecule is CC1CCN(C(=O)CC#N)CC1N(C)c1nc[n+](C)c2c1CCN2. The van der Waals surface area contributed by atoms with E-state index in [1.807, 2.05) is 28.9 Å². The Bertz CT molecular complexity index is 682. The van der Waals surface area contributed by atoms with Crippen molar-refractivity contribution in [3.8, 4) is 6.07 Å². The fourth-order valence-corrected chi connectivity index (χ4v) is 3.78. The van der Waals surface area contributed by atoms with Crippen LogP contribution in [0.1, 0.15) is 25.3 Å². The molecule has 1 aromatic heterocycles. The lowest BCUT2D eigenvalue weighted by atomic mass is 9.92. The van der Waals surface area contributed by atoms with Gasteiger partial charge < -0.3 is 15.1 Å². The lowest BCUT2D eigenvalue weighted by molar-refractivity contribution is -0.660. The van der Waals surface area contributed by atoms with E-state index in [9.17, 15) is 4.79 Å². The van der Waals surface area contributed by atoms with Gasteiger partial charge in [0.25, 0.3) is 0 Å². The highest BCUT2D eigenvalue weighted by Crippen LogP contribution is 2.31. The number of nitriles is 1. The van der Waals surface area contributed by atoms with Crippen LogP contribution in [-0.4, -0.2) is 48.5 Å². The predicted octanol–water partition coefficient (Wildman–Crippen LogP) is 0.461. The first-order chi connectivity index (χ1) is 11.5. The normalized spacial score (nSPS) is 22.5. The monoisotopic (exact) mass is 329 g/mol. The molecule has 0 radical (unpaired) electrons. The topological polar surface area (TPSA) is 76.1 Å². The van der Waals surface area contributed by atoms with Crippen LogP contribution in [0.25, 0.3) is 0 Å². The summed E-state index contributed by atoms with van der Waals surface area (Å²) in [5.74, 6) is 2.54. The van der Waals surface area contributed by atoms with Gasteiger partial charge in [-0.05, 0) is 12.3 Å². The molecule has 1 aromatic rings. The van der Waals surface area contributed by atoms with Crippen molar-refractivity contribution in [1.82, 2.24) is 9.88 Å². The molecule has 2 aliphatic heterocycles. The standard InChI is InChI=1S/C17H24N6O/c1-12-6-9-23(15(24)4-7-18)10-14(12)22(3)17-13-5-8-19-16(13)21(2)11-20-17/h11-12,14H,4-6,8-10H2,1-3H3/p+1. The number of amides is 1. The first-order valence-electron chi connectivity index (χ1n) is 8.52. The number of anilines is 2. The molecule has 128 valence electrons. The minimum absolute atomic E-state index is 0.0381. The molecule has 0 aromatic carbocycles. The maximum Gasteiger partial charge on any atom is 0.236 e. The molecule has 7 heteroatoms. The van der Waals surface area contributed by atoms with E-state index in [2.05, 4.69) is 29.2 Å². The third kappa shape index (κ3) is 2.88. The molecule has 0 bridgehead atoms. The average molecular weight is 329 g/mol. The van der Waals surface area contributed by atoms with Gasteiger partial charge in [-0.15, -0.1) is 0 Å². The van der Waals surface area contributed by atoms with Gasteiger partial charge in [0.1, 0.15) is 6.42 Å². The number of piperidine rings is 1. The molecule has 1 fully saturated rings. The Morgan fingerprint density at radius 1 is 1.62 bits per heavy atom. The van der Waals surface area contributed by atoms with Crippen molar-refractivity contribution in [3.05, 3.63) is 11.9 Å². The van der Waals surface area contributed by atoms with E-state index in [0.717, 1.165) is 37.6 Å². The maximum absolute atomic E-state index is 12.1. The average Bonchev–Trinajstić information content (AvgIpc) is 3.06. The molecule has 0 saturated carbocycles. The Kier molecular flexibility index (Phi) is 4.56. The van der Waals surface area contributed by atoms with E-state index in [4.69, 9.17) is 5.26 Å². The van der Waals surface area contributed by atoms with Crippen LogP contribution in [0.2, 0.25) is 0 Å². The number of likely N-dealkylation sites (tertiary alicyclic amines) is 1. The third-order valence-electron chi connectivity index (χ3n) is 5.26. The molecule has 0 spiro atoms. The summed E-state index contributed by atoms with van der Waals surface area (Å²) in [5, 5.41) is 12.2. The fourth-order valence-electron chi connectivity index (χ4n) is 3.78. The molecule has 1 N–H and O–H groups in total. The Balaban J connectivity index is 1.84. The zero-order chi connectivity index (χ0) is 17.3. The molecule has 2 unspecified atom stereocenters. The third-order valence-corrected chi connectivity index (χ3v) is 5.26. The molecule has 3 rings (SSSR count). The van der Waals surface area contributed by atoms with Crippen LogP contribution >= 0.6 is 0 Å². The molecule has 24 heavy (non-hydrogen) atoms. The number of aryl methyl sites for hydroxylation is 1. The summed E-state index contributed by atoms with van der Waals surface area (Å²) in [4.78, 5) is 20.8.